The Morgan fingerprint density at radius 2 is 1.17 bits per heavy atom. The van der Waals surface area contributed by atoms with Crippen molar-refractivity contribution in [3.05, 3.63) is 144 Å². The van der Waals surface area contributed by atoms with Crippen LogP contribution >= 0.6 is 0 Å². The number of hydrogen-bond acceptors (Lipinski definition) is 8. The van der Waals surface area contributed by atoms with Crippen molar-refractivity contribution >= 4 is 63.1 Å². The summed E-state index contributed by atoms with van der Waals surface area (Å²) in [5.74, 6) is -44.9. The van der Waals surface area contributed by atoms with Gasteiger partial charge < -0.3 is 25.3 Å². The van der Waals surface area contributed by atoms with Crippen LogP contribution in [0.1, 0.15) is 27.8 Å². The van der Waals surface area contributed by atoms with Gasteiger partial charge in [0.05, 0.1) is 45.4 Å². The first-order chi connectivity index (χ1) is 30.4. The van der Waals surface area contributed by atoms with E-state index < -0.39 is 183 Å². The summed E-state index contributed by atoms with van der Waals surface area (Å²) in [4.78, 5) is 23.3. The number of anilines is 2. The van der Waals surface area contributed by atoms with Crippen LogP contribution in [0.3, 0.4) is 0 Å². The molecule has 10 rings (SSSR count). The lowest BCUT2D eigenvalue weighted by Crippen LogP contribution is -2.43. The lowest BCUT2D eigenvalue weighted by Gasteiger charge is -2.29. The molecule has 3 aliphatic heterocycles. The van der Waals surface area contributed by atoms with Crippen LogP contribution in [-0.4, -0.2) is 40.4 Å². The summed E-state index contributed by atoms with van der Waals surface area (Å²) >= 11 is 0. The van der Waals surface area contributed by atoms with Gasteiger partial charge in [0, 0.05) is 17.3 Å². The van der Waals surface area contributed by atoms with Crippen LogP contribution in [0.25, 0.3) is 16.6 Å². The first-order valence-electron chi connectivity index (χ1n) is 17.6. The van der Waals surface area contributed by atoms with Crippen molar-refractivity contribution < 1.29 is 70.6 Å². The van der Waals surface area contributed by atoms with E-state index in [0.29, 0.717) is 0 Å². The second-order valence-corrected chi connectivity index (χ2v) is 13.8. The highest BCUT2D eigenvalue weighted by molar-refractivity contribution is 6.27. The average Bonchev–Trinajstić information content (AvgIpc) is 4.02. The Kier molecular flexibility index (Phi) is 8.53. The number of benzene rings is 4. The number of nitrogens with one attached hydrogen (secondary N) is 4. The van der Waals surface area contributed by atoms with Gasteiger partial charge in [-0.3, -0.25) is 0 Å². The van der Waals surface area contributed by atoms with Crippen molar-refractivity contribution in [3.63, 3.8) is 0 Å². The molecular formula is C39H12F15N9O. The van der Waals surface area contributed by atoms with Crippen LogP contribution < -0.4 is 26.1 Å². The number of hydrogen-bond donors (Lipinski definition) is 4. The smallest absolute Gasteiger partial charge is 0.265 e. The van der Waals surface area contributed by atoms with Gasteiger partial charge in [-0.05, 0) is 18.2 Å². The van der Waals surface area contributed by atoms with Crippen LogP contribution in [0.15, 0.2) is 66.9 Å². The van der Waals surface area contributed by atoms with E-state index in [1.807, 2.05) is 5.32 Å². The molecule has 6 aromatic rings. The molecule has 0 amide bonds. The molecule has 10 nitrogen and oxygen atoms in total. The van der Waals surface area contributed by atoms with E-state index in [-0.39, 0.29) is 11.8 Å². The van der Waals surface area contributed by atoms with E-state index in [1.165, 1.54) is 19.2 Å². The van der Waals surface area contributed by atoms with E-state index in [4.69, 9.17) is 4.74 Å². The number of aromatic nitrogens is 2. The molecule has 2 aromatic heterocycles. The molecule has 0 saturated heterocycles. The number of H-pyrrole nitrogens is 2. The highest BCUT2D eigenvalue weighted by Crippen LogP contribution is 2.46. The molecule has 5 heterocycles. The number of rotatable bonds is 3. The van der Waals surface area contributed by atoms with Gasteiger partial charge in [0.2, 0.25) is 5.83 Å². The number of ether oxygens (including phenoxy) is 1. The molecule has 0 spiro atoms. The zero-order valence-corrected chi connectivity index (χ0v) is 30.7. The van der Waals surface area contributed by atoms with Crippen molar-refractivity contribution in [2.75, 3.05) is 17.7 Å². The van der Waals surface area contributed by atoms with Gasteiger partial charge in [-0.1, -0.05) is 6.07 Å². The number of nitrogens with zero attached hydrogens (tertiary/aromatic N) is 5. The first-order valence-corrected chi connectivity index (χ1v) is 17.6. The molecule has 324 valence electrons. The van der Waals surface area contributed by atoms with E-state index in [9.17, 15) is 26.3 Å². The van der Waals surface area contributed by atoms with Crippen molar-refractivity contribution in [1.82, 2.24) is 9.97 Å². The highest BCUT2D eigenvalue weighted by Gasteiger charge is 2.50. The topological polar surface area (TPSA) is 127 Å². The Labute approximate surface area is 342 Å². The maximum Gasteiger partial charge on any atom is 0.265 e. The quantitative estimate of drug-likeness (QED) is 0.0614. The average molecular weight is 908 g/mol. The molecule has 0 saturated carbocycles. The summed E-state index contributed by atoms with van der Waals surface area (Å²) in [6.45, 7) is 0. The Morgan fingerprint density at radius 1 is 0.578 bits per heavy atom. The minimum Gasteiger partial charge on any atom is -0.497 e. The molecule has 25 heteroatoms. The maximum atomic E-state index is 17.7. The Balaban J connectivity index is 1.37. The van der Waals surface area contributed by atoms with Crippen molar-refractivity contribution in [2.24, 2.45) is 25.0 Å². The van der Waals surface area contributed by atoms with Crippen molar-refractivity contribution in [3.8, 4) is 5.75 Å². The third kappa shape index (κ3) is 5.34. The fourth-order valence-electron chi connectivity index (χ4n) is 7.45. The SMILES string of the molecule is COc1cccc(NC2(F)C(F)=C(F)C(F)=c3c2c2[nH]/c3=N\C3=NC(=N\c4[nH]c(c5c(F)c(F)c(F)c(F)c45)/N=C4\N=C(N2)c2c(F)c(F)c(F)c(F)c24)/c2c3cc(F)c(F)c2F)c1. The second kappa shape index (κ2) is 13.6. The number of allylic oxidation sites excluding steroid dienone is 1. The number of alkyl halides is 1. The van der Waals surface area contributed by atoms with Gasteiger partial charge in [-0.15, -0.1) is 0 Å². The second-order valence-electron chi connectivity index (χ2n) is 13.8. The third-order valence-corrected chi connectivity index (χ3v) is 10.3. The molecule has 64 heavy (non-hydrogen) atoms. The fraction of sp³-hybridized carbons (Fsp3) is 0.0513. The summed E-state index contributed by atoms with van der Waals surface area (Å²) in [6, 6.07) is 5.00. The van der Waals surface area contributed by atoms with Crippen LogP contribution in [0.5, 0.6) is 5.75 Å². The summed E-state index contributed by atoms with van der Waals surface area (Å²) < 4.78 is 238. The van der Waals surface area contributed by atoms with E-state index in [1.54, 1.807) is 0 Å². The van der Waals surface area contributed by atoms with Crippen LogP contribution in [-0.2, 0) is 5.79 Å². The molecule has 4 aliphatic rings. The van der Waals surface area contributed by atoms with Gasteiger partial charge >= 0.3 is 0 Å². The number of methoxy groups -OCH3 is 1. The van der Waals surface area contributed by atoms with Gasteiger partial charge in [0.25, 0.3) is 5.79 Å². The summed E-state index contributed by atoms with van der Waals surface area (Å²) in [5.41, 5.74) is -7.82. The van der Waals surface area contributed by atoms with Crippen molar-refractivity contribution in [2.45, 2.75) is 5.79 Å². The number of fused-ring (bicyclic) bond motifs is 18. The molecule has 8 bridgehead atoms. The molecule has 1 unspecified atom stereocenters. The fourth-order valence-corrected chi connectivity index (χ4v) is 7.45. The standard InChI is InChI=1S/C39H12F15N9O/c1-64-8-4-2-3-7(5-8)63-39(54)17-16(24(47)29(52)30(39)53)37-56-31-9-6-10(40)18(41)19(42)11(9)32(55-31)57-33-12-13(21(44)26(49)25(48)20(12)43)34(58-33)59-35-14-15(36(60-35)61-38(17)62-37)23(46)28(51)27(50)22(14)45/h2-6,58,63H,1H3,(H,59,60,61)(H,55,56,57,62). The molecule has 0 fully saturated rings. The van der Waals surface area contributed by atoms with Crippen LogP contribution in [0, 0.1) is 64.0 Å². The maximum absolute atomic E-state index is 17.7. The summed E-state index contributed by atoms with van der Waals surface area (Å²) in [6.07, 6.45) is 0. The lowest BCUT2D eigenvalue weighted by molar-refractivity contribution is 0.200. The zero-order chi connectivity index (χ0) is 45.6. The van der Waals surface area contributed by atoms with Gasteiger partial charge in [0.15, 0.2) is 93.2 Å². The minimum absolute atomic E-state index is 0.00631. The Hall–Kier alpha value is -7.86. The highest BCUT2D eigenvalue weighted by atomic mass is 19.2. The Bertz CT molecular complexity index is 3520. The monoisotopic (exact) mass is 907 g/mol. The minimum atomic E-state index is -4.10. The van der Waals surface area contributed by atoms with Gasteiger partial charge in [-0.2, -0.15) is 0 Å². The van der Waals surface area contributed by atoms with Crippen LogP contribution in [0.2, 0.25) is 0 Å². The number of aromatic amines is 2. The van der Waals surface area contributed by atoms with E-state index >= 15 is 39.5 Å². The largest absolute Gasteiger partial charge is 0.497 e. The molecule has 4 aromatic carbocycles. The number of amidine groups is 4. The molecule has 4 N–H and O–H groups in total. The first kappa shape index (κ1) is 40.2. The number of aliphatic imine (C=N–C) groups is 4. The van der Waals surface area contributed by atoms with E-state index in [0.717, 1.165) is 12.1 Å². The molecule has 1 aliphatic carbocycles. The predicted molar refractivity (Wildman–Crippen MR) is 195 cm³/mol. The Morgan fingerprint density at radius 3 is 1.81 bits per heavy atom. The molecular weight excluding hydrogens is 895 g/mol. The van der Waals surface area contributed by atoms with E-state index in [2.05, 4.69) is 40.2 Å². The summed E-state index contributed by atoms with van der Waals surface area (Å²) in [7, 11) is 1.18. The number of halogens is 15. The normalized spacial score (nSPS) is 19.5. The van der Waals surface area contributed by atoms with Crippen LogP contribution in [0.4, 0.5) is 89.0 Å². The lowest BCUT2D eigenvalue weighted by atomic mass is 9.96. The van der Waals surface area contributed by atoms with Gasteiger partial charge in [0.1, 0.15) is 34.5 Å². The third-order valence-electron chi connectivity index (χ3n) is 10.3. The van der Waals surface area contributed by atoms with Gasteiger partial charge in [-0.25, -0.2) is 90.8 Å². The predicted octanol–water partition coefficient (Wildman–Crippen LogP) is 8.93. The molecule has 1 atom stereocenters. The molecule has 0 radical (unpaired) electrons. The zero-order valence-electron chi connectivity index (χ0n) is 30.7. The van der Waals surface area contributed by atoms with Crippen molar-refractivity contribution in [1.29, 1.82) is 0 Å². The summed E-state index contributed by atoms with van der Waals surface area (Å²) in [5, 5.41) is 0.00449.